The van der Waals surface area contributed by atoms with E-state index in [2.05, 4.69) is 13.2 Å². The van der Waals surface area contributed by atoms with Crippen molar-refractivity contribution in [1.29, 1.82) is 0 Å². The third-order valence-corrected chi connectivity index (χ3v) is 1.95. The van der Waals surface area contributed by atoms with E-state index in [9.17, 15) is 9.59 Å². The molecule has 1 rings (SSSR count). The highest BCUT2D eigenvalue weighted by atomic mass is 16.2. The Kier molecular flexibility index (Phi) is 6.09. The fraction of sp³-hybridized carbons (Fsp3) is 0.455. The molecule has 84 valence electrons. The molecule has 0 bridgehead atoms. The number of carbonyl (C=O) groups excluding carboxylic acids is 2. The van der Waals surface area contributed by atoms with Gasteiger partial charge < -0.3 is 9.80 Å². The van der Waals surface area contributed by atoms with Crippen LogP contribution in [0.2, 0.25) is 0 Å². The first-order chi connectivity index (χ1) is 7.02. The van der Waals surface area contributed by atoms with Gasteiger partial charge in [-0.3, -0.25) is 9.59 Å². The van der Waals surface area contributed by atoms with Gasteiger partial charge in [-0.15, -0.1) is 0 Å². The molecule has 0 aromatic heterocycles. The summed E-state index contributed by atoms with van der Waals surface area (Å²) in [4.78, 5) is 24.1. The Bertz CT molecular complexity index is 259. The largest absolute Gasteiger partial charge is 0.345 e. The normalized spacial score (nSPS) is 14.0. The van der Waals surface area contributed by atoms with Crippen molar-refractivity contribution in [3.8, 4) is 0 Å². The lowest BCUT2D eigenvalue weighted by Gasteiger charge is -2.05. The molecule has 1 heterocycles. The van der Waals surface area contributed by atoms with Crippen molar-refractivity contribution >= 4 is 11.8 Å². The molecule has 0 radical (unpaired) electrons. The number of hydrogen-bond acceptors (Lipinski definition) is 2. The number of nitrogens with zero attached hydrogens (tertiary/aromatic N) is 2. The number of likely N-dealkylation sites (tertiary alicyclic amines) is 1. The van der Waals surface area contributed by atoms with Gasteiger partial charge in [0.1, 0.15) is 0 Å². The quantitative estimate of drug-likeness (QED) is 0.638. The van der Waals surface area contributed by atoms with Crippen molar-refractivity contribution in [3.05, 3.63) is 25.4 Å². The molecule has 1 saturated heterocycles. The van der Waals surface area contributed by atoms with E-state index in [0.29, 0.717) is 6.42 Å². The average Bonchev–Trinajstić information content (AvgIpc) is 2.63. The maximum Gasteiger partial charge on any atom is 0.245 e. The van der Waals surface area contributed by atoms with Crippen LogP contribution in [-0.4, -0.2) is 42.3 Å². The molecule has 1 fully saturated rings. The average molecular weight is 210 g/mol. The highest BCUT2D eigenvalue weighted by Crippen LogP contribution is 2.08. The second kappa shape index (κ2) is 6.81. The SMILES string of the molecule is C=CC(=O)N(C)C.C=CN1CCCC1=O. The predicted octanol–water partition coefficient (Wildman–Crippen LogP) is 1.01. The molecule has 0 aromatic carbocycles. The molecule has 0 spiro atoms. The zero-order chi connectivity index (χ0) is 11.8. The van der Waals surface area contributed by atoms with E-state index in [1.54, 1.807) is 25.2 Å². The highest BCUT2D eigenvalue weighted by Gasteiger charge is 2.15. The van der Waals surface area contributed by atoms with Crippen molar-refractivity contribution in [1.82, 2.24) is 9.80 Å². The van der Waals surface area contributed by atoms with Gasteiger partial charge in [-0.25, -0.2) is 0 Å². The highest BCUT2D eigenvalue weighted by molar-refractivity contribution is 5.86. The molecule has 0 unspecified atom stereocenters. The molecular formula is C11H18N2O2. The van der Waals surface area contributed by atoms with Gasteiger partial charge in [0.15, 0.2) is 0 Å². The summed E-state index contributed by atoms with van der Waals surface area (Å²) in [5.41, 5.74) is 0. The van der Waals surface area contributed by atoms with Crippen LogP contribution in [0, 0.1) is 0 Å². The summed E-state index contributed by atoms with van der Waals surface area (Å²) in [7, 11) is 3.37. The van der Waals surface area contributed by atoms with Gasteiger partial charge in [0.05, 0.1) is 0 Å². The van der Waals surface area contributed by atoms with E-state index in [4.69, 9.17) is 0 Å². The molecule has 15 heavy (non-hydrogen) atoms. The van der Waals surface area contributed by atoms with Gasteiger partial charge in [-0.1, -0.05) is 13.2 Å². The van der Waals surface area contributed by atoms with Gasteiger partial charge in [0.25, 0.3) is 0 Å². The van der Waals surface area contributed by atoms with Crippen molar-refractivity contribution in [2.24, 2.45) is 0 Å². The summed E-state index contributed by atoms with van der Waals surface area (Å²) in [6.45, 7) is 7.65. The number of rotatable bonds is 2. The molecule has 2 amide bonds. The van der Waals surface area contributed by atoms with E-state index >= 15 is 0 Å². The van der Waals surface area contributed by atoms with E-state index in [-0.39, 0.29) is 11.8 Å². The Balaban J connectivity index is 0.000000265. The first kappa shape index (κ1) is 13.4. The van der Waals surface area contributed by atoms with E-state index in [1.165, 1.54) is 11.0 Å². The third kappa shape index (κ3) is 5.00. The van der Waals surface area contributed by atoms with Crippen molar-refractivity contribution in [2.45, 2.75) is 12.8 Å². The Labute approximate surface area is 90.9 Å². The molecule has 1 aliphatic rings. The van der Waals surface area contributed by atoms with Gasteiger partial charge in [-0.2, -0.15) is 0 Å². The van der Waals surface area contributed by atoms with Gasteiger partial charge >= 0.3 is 0 Å². The Morgan fingerprint density at radius 1 is 1.47 bits per heavy atom. The first-order valence-corrected chi connectivity index (χ1v) is 4.78. The summed E-state index contributed by atoms with van der Waals surface area (Å²) in [5.74, 6) is 0.153. The Morgan fingerprint density at radius 3 is 2.20 bits per heavy atom. The maximum atomic E-state index is 10.7. The monoisotopic (exact) mass is 210 g/mol. The number of amides is 2. The fourth-order valence-corrected chi connectivity index (χ4v) is 1.04. The van der Waals surface area contributed by atoms with Gasteiger partial charge in [-0.05, 0) is 18.7 Å². The molecule has 4 nitrogen and oxygen atoms in total. The lowest BCUT2D eigenvalue weighted by molar-refractivity contribution is -0.125. The minimum Gasteiger partial charge on any atom is -0.345 e. The number of likely N-dealkylation sites (N-methyl/N-ethyl adjacent to an activating group) is 1. The second-order valence-corrected chi connectivity index (χ2v) is 3.31. The van der Waals surface area contributed by atoms with Crippen LogP contribution in [0.1, 0.15) is 12.8 Å². The minimum absolute atomic E-state index is 0.0556. The molecule has 0 atom stereocenters. The van der Waals surface area contributed by atoms with Crippen LogP contribution in [-0.2, 0) is 9.59 Å². The van der Waals surface area contributed by atoms with Gasteiger partial charge in [0, 0.05) is 27.1 Å². The molecule has 4 heteroatoms. The fourth-order valence-electron chi connectivity index (χ4n) is 1.04. The summed E-state index contributed by atoms with van der Waals surface area (Å²) >= 11 is 0. The minimum atomic E-state index is -0.0556. The summed E-state index contributed by atoms with van der Waals surface area (Å²) in [5, 5.41) is 0. The van der Waals surface area contributed by atoms with Crippen LogP contribution >= 0.6 is 0 Å². The van der Waals surface area contributed by atoms with Gasteiger partial charge in [0.2, 0.25) is 11.8 Å². The summed E-state index contributed by atoms with van der Waals surface area (Å²) < 4.78 is 0. The van der Waals surface area contributed by atoms with Crippen molar-refractivity contribution in [2.75, 3.05) is 20.6 Å². The second-order valence-electron chi connectivity index (χ2n) is 3.31. The zero-order valence-corrected chi connectivity index (χ0v) is 9.40. The maximum absolute atomic E-state index is 10.7. The van der Waals surface area contributed by atoms with Crippen LogP contribution in [0.25, 0.3) is 0 Å². The Hall–Kier alpha value is -1.58. The van der Waals surface area contributed by atoms with Crippen LogP contribution in [0.5, 0.6) is 0 Å². The molecule has 0 aromatic rings. The summed E-state index contributed by atoms with van der Waals surface area (Å²) in [6.07, 6.45) is 4.56. The van der Waals surface area contributed by atoms with Crippen LogP contribution in [0.4, 0.5) is 0 Å². The van der Waals surface area contributed by atoms with E-state index < -0.39 is 0 Å². The first-order valence-electron chi connectivity index (χ1n) is 4.78. The standard InChI is InChI=1S/C6H9NO.C5H9NO/c1-2-7-5-3-4-6(7)8;1-4-5(7)6(2)3/h2H,1,3-5H2;4H,1H2,2-3H3. The molecule has 1 aliphatic heterocycles. The van der Waals surface area contributed by atoms with Crippen LogP contribution in [0.3, 0.4) is 0 Å². The zero-order valence-electron chi connectivity index (χ0n) is 9.40. The molecule has 0 aliphatic carbocycles. The lowest BCUT2D eigenvalue weighted by Crippen LogP contribution is -2.18. The predicted molar refractivity (Wildman–Crippen MR) is 60.0 cm³/mol. The Morgan fingerprint density at radius 2 is 2.07 bits per heavy atom. The topological polar surface area (TPSA) is 40.6 Å². The van der Waals surface area contributed by atoms with Crippen LogP contribution < -0.4 is 0 Å². The smallest absolute Gasteiger partial charge is 0.245 e. The number of carbonyl (C=O) groups is 2. The molecule has 0 N–H and O–H groups in total. The van der Waals surface area contributed by atoms with Crippen molar-refractivity contribution in [3.63, 3.8) is 0 Å². The van der Waals surface area contributed by atoms with E-state index in [0.717, 1.165) is 13.0 Å². The molecular weight excluding hydrogens is 192 g/mol. The third-order valence-electron chi connectivity index (χ3n) is 1.95. The van der Waals surface area contributed by atoms with E-state index in [1.807, 2.05) is 0 Å². The number of hydrogen-bond donors (Lipinski definition) is 0. The lowest BCUT2D eigenvalue weighted by atomic mass is 10.4. The summed E-state index contributed by atoms with van der Waals surface area (Å²) in [6, 6.07) is 0. The molecule has 0 saturated carbocycles. The van der Waals surface area contributed by atoms with Crippen molar-refractivity contribution < 1.29 is 9.59 Å². The van der Waals surface area contributed by atoms with Crippen LogP contribution in [0.15, 0.2) is 25.4 Å².